The zero-order valence-electron chi connectivity index (χ0n) is 13.9. The smallest absolute Gasteiger partial charge is 0.139 e. The van der Waals surface area contributed by atoms with Crippen LogP contribution in [-0.4, -0.2) is 9.38 Å². The van der Waals surface area contributed by atoms with E-state index in [1.54, 1.807) is 0 Å². The van der Waals surface area contributed by atoms with Crippen LogP contribution in [0, 0.1) is 6.92 Å². The van der Waals surface area contributed by atoms with Crippen LogP contribution in [0.1, 0.15) is 11.1 Å². The Balaban J connectivity index is 1.83. The lowest BCUT2D eigenvalue weighted by Crippen LogP contribution is -2.03. The highest BCUT2D eigenvalue weighted by atomic mass is 35.5. The van der Waals surface area contributed by atoms with Gasteiger partial charge in [0.15, 0.2) is 0 Å². The third-order valence-corrected chi connectivity index (χ3v) is 4.53. The van der Waals surface area contributed by atoms with Crippen molar-refractivity contribution in [3.63, 3.8) is 0 Å². The summed E-state index contributed by atoms with van der Waals surface area (Å²) in [5.41, 5.74) is 5.10. The van der Waals surface area contributed by atoms with Gasteiger partial charge in [0.25, 0.3) is 0 Å². The predicted octanol–water partition coefficient (Wildman–Crippen LogP) is 5.58. The number of benzene rings is 2. The van der Waals surface area contributed by atoms with Crippen LogP contribution in [-0.2, 0) is 6.54 Å². The first kappa shape index (κ1) is 15.7. The molecular weight excluding hydrogens is 330 g/mol. The van der Waals surface area contributed by atoms with Gasteiger partial charge in [-0.05, 0) is 30.2 Å². The quantitative estimate of drug-likeness (QED) is 0.522. The third-order valence-electron chi connectivity index (χ3n) is 4.20. The standard InChI is InChI=1S/C21H18ClN3/c1-15-11-12-19-24-20(17-9-5-6-10-18(17)22)21(25(19)14-15)23-13-16-7-3-2-4-8-16/h2-12,14,23H,13H2,1H3. The van der Waals surface area contributed by atoms with E-state index in [0.717, 1.165) is 29.3 Å². The van der Waals surface area contributed by atoms with Gasteiger partial charge in [-0.3, -0.25) is 4.40 Å². The van der Waals surface area contributed by atoms with Gasteiger partial charge in [-0.2, -0.15) is 0 Å². The lowest BCUT2D eigenvalue weighted by atomic mass is 10.1. The van der Waals surface area contributed by atoms with Gasteiger partial charge in [-0.15, -0.1) is 0 Å². The first-order valence-corrected chi connectivity index (χ1v) is 8.61. The number of hydrogen-bond acceptors (Lipinski definition) is 2. The minimum atomic E-state index is 0.699. The molecule has 25 heavy (non-hydrogen) atoms. The van der Waals surface area contributed by atoms with Crippen molar-refractivity contribution in [2.45, 2.75) is 13.5 Å². The Hall–Kier alpha value is -2.78. The van der Waals surface area contributed by atoms with E-state index in [9.17, 15) is 0 Å². The molecule has 0 bridgehead atoms. The van der Waals surface area contributed by atoms with Crippen LogP contribution in [0.5, 0.6) is 0 Å². The average Bonchev–Trinajstić information content (AvgIpc) is 2.99. The average molecular weight is 348 g/mol. The van der Waals surface area contributed by atoms with Crippen LogP contribution in [0.4, 0.5) is 5.82 Å². The normalized spacial score (nSPS) is 11.0. The summed E-state index contributed by atoms with van der Waals surface area (Å²) in [4.78, 5) is 4.81. The van der Waals surface area contributed by atoms with E-state index in [4.69, 9.17) is 16.6 Å². The number of nitrogens with one attached hydrogen (secondary N) is 1. The van der Waals surface area contributed by atoms with E-state index in [0.29, 0.717) is 5.02 Å². The molecule has 2 aromatic heterocycles. The molecule has 124 valence electrons. The van der Waals surface area contributed by atoms with Gasteiger partial charge in [-0.1, -0.05) is 66.2 Å². The van der Waals surface area contributed by atoms with Crippen molar-refractivity contribution in [1.82, 2.24) is 9.38 Å². The Kier molecular flexibility index (Phi) is 4.16. The van der Waals surface area contributed by atoms with E-state index >= 15 is 0 Å². The van der Waals surface area contributed by atoms with Crippen LogP contribution in [0.2, 0.25) is 5.02 Å². The minimum absolute atomic E-state index is 0.699. The molecule has 4 rings (SSSR count). The van der Waals surface area contributed by atoms with Gasteiger partial charge < -0.3 is 5.32 Å². The molecule has 0 saturated carbocycles. The summed E-state index contributed by atoms with van der Waals surface area (Å²) in [5.74, 6) is 0.954. The number of hydrogen-bond donors (Lipinski definition) is 1. The van der Waals surface area contributed by atoms with Gasteiger partial charge in [-0.25, -0.2) is 4.98 Å². The summed E-state index contributed by atoms with van der Waals surface area (Å²) < 4.78 is 2.09. The fourth-order valence-electron chi connectivity index (χ4n) is 2.94. The molecular formula is C21H18ClN3. The van der Waals surface area contributed by atoms with Crippen molar-refractivity contribution in [2.24, 2.45) is 0 Å². The number of aryl methyl sites for hydroxylation is 1. The molecule has 1 N–H and O–H groups in total. The highest BCUT2D eigenvalue weighted by Gasteiger charge is 2.16. The minimum Gasteiger partial charge on any atom is -0.365 e. The second kappa shape index (κ2) is 6.61. The molecule has 0 aliphatic rings. The number of imidazole rings is 1. The van der Waals surface area contributed by atoms with E-state index in [2.05, 4.69) is 41.0 Å². The SMILES string of the molecule is Cc1ccc2nc(-c3ccccc3Cl)c(NCc3ccccc3)n2c1. The molecule has 4 aromatic rings. The first-order valence-electron chi connectivity index (χ1n) is 8.24. The second-order valence-electron chi connectivity index (χ2n) is 6.06. The largest absolute Gasteiger partial charge is 0.365 e. The van der Waals surface area contributed by atoms with Crippen LogP contribution < -0.4 is 5.32 Å². The van der Waals surface area contributed by atoms with Gasteiger partial charge in [0.05, 0.1) is 5.02 Å². The summed E-state index contributed by atoms with van der Waals surface area (Å²) in [5, 5.41) is 4.25. The number of anilines is 1. The Morgan fingerprint density at radius 1 is 0.960 bits per heavy atom. The van der Waals surface area contributed by atoms with E-state index in [1.165, 1.54) is 11.1 Å². The van der Waals surface area contributed by atoms with Gasteiger partial charge in [0.2, 0.25) is 0 Å². The van der Waals surface area contributed by atoms with Crippen LogP contribution in [0.3, 0.4) is 0 Å². The van der Waals surface area contributed by atoms with E-state index in [1.807, 2.05) is 48.5 Å². The fraction of sp³-hybridized carbons (Fsp3) is 0.0952. The topological polar surface area (TPSA) is 29.3 Å². The number of aromatic nitrogens is 2. The zero-order chi connectivity index (χ0) is 17.2. The van der Waals surface area contributed by atoms with Crippen molar-refractivity contribution in [3.05, 3.63) is 89.1 Å². The Bertz CT molecular complexity index is 1020. The summed E-state index contributed by atoms with van der Waals surface area (Å²) in [6, 6.07) is 22.2. The highest BCUT2D eigenvalue weighted by Crippen LogP contribution is 2.34. The second-order valence-corrected chi connectivity index (χ2v) is 6.47. The number of halogens is 1. The Labute approximate surface area is 151 Å². The summed E-state index contributed by atoms with van der Waals surface area (Å²) in [7, 11) is 0. The predicted molar refractivity (Wildman–Crippen MR) is 104 cm³/mol. The van der Waals surface area contributed by atoms with Crippen molar-refractivity contribution in [2.75, 3.05) is 5.32 Å². The molecule has 2 aromatic carbocycles. The van der Waals surface area contributed by atoms with Crippen molar-refractivity contribution in [3.8, 4) is 11.3 Å². The van der Waals surface area contributed by atoms with Crippen molar-refractivity contribution in [1.29, 1.82) is 0 Å². The van der Waals surface area contributed by atoms with Crippen LogP contribution >= 0.6 is 11.6 Å². The molecule has 0 unspecified atom stereocenters. The molecule has 0 fully saturated rings. The molecule has 2 heterocycles. The molecule has 0 spiro atoms. The van der Waals surface area contributed by atoms with E-state index < -0.39 is 0 Å². The van der Waals surface area contributed by atoms with Crippen molar-refractivity contribution < 1.29 is 0 Å². The van der Waals surface area contributed by atoms with E-state index in [-0.39, 0.29) is 0 Å². The molecule has 0 radical (unpaired) electrons. The summed E-state index contributed by atoms with van der Waals surface area (Å²) in [6.07, 6.45) is 2.09. The zero-order valence-corrected chi connectivity index (χ0v) is 14.7. The molecule has 0 atom stereocenters. The number of rotatable bonds is 4. The molecule has 3 nitrogen and oxygen atoms in total. The monoisotopic (exact) mass is 347 g/mol. The molecule has 0 aliphatic heterocycles. The Morgan fingerprint density at radius 2 is 1.72 bits per heavy atom. The maximum atomic E-state index is 6.43. The van der Waals surface area contributed by atoms with Crippen LogP contribution in [0.15, 0.2) is 72.9 Å². The first-order chi connectivity index (χ1) is 12.2. The fourth-order valence-corrected chi connectivity index (χ4v) is 3.17. The maximum absolute atomic E-state index is 6.43. The summed E-state index contributed by atoms with van der Waals surface area (Å²) in [6.45, 7) is 2.80. The van der Waals surface area contributed by atoms with Crippen molar-refractivity contribution >= 4 is 23.1 Å². The number of fused-ring (bicyclic) bond motifs is 1. The summed E-state index contributed by atoms with van der Waals surface area (Å²) >= 11 is 6.43. The molecule has 0 saturated heterocycles. The third kappa shape index (κ3) is 3.11. The molecule has 4 heteroatoms. The lowest BCUT2D eigenvalue weighted by molar-refractivity contribution is 1.08. The maximum Gasteiger partial charge on any atom is 0.139 e. The number of pyridine rings is 1. The molecule has 0 amide bonds. The van der Waals surface area contributed by atoms with Crippen LogP contribution in [0.25, 0.3) is 16.9 Å². The Morgan fingerprint density at radius 3 is 2.52 bits per heavy atom. The van der Waals surface area contributed by atoms with Gasteiger partial charge in [0.1, 0.15) is 17.2 Å². The lowest BCUT2D eigenvalue weighted by Gasteiger charge is -2.10. The molecule has 0 aliphatic carbocycles. The van der Waals surface area contributed by atoms with Gasteiger partial charge in [0, 0.05) is 18.3 Å². The van der Waals surface area contributed by atoms with Gasteiger partial charge >= 0.3 is 0 Å². The highest BCUT2D eigenvalue weighted by molar-refractivity contribution is 6.33. The number of nitrogens with zero attached hydrogens (tertiary/aromatic N) is 2.